The maximum absolute atomic E-state index is 9.25. The summed E-state index contributed by atoms with van der Waals surface area (Å²) in [5, 5.41) is 9.25. The smallest absolute Gasteiger partial charge is 0.225 e. The Kier molecular flexibility index (Phi) is 3.67. The Morgan fingerprint density at radius 2 is 1.79 bits per heavy atom. The second-order valence-corrected chi connectivity index (χ2v) is 3.97. The summed E-state index contributed by atoms with van der Waals surface area (Å²) < 4.78 is 10.7. The van der Waals surface area contributed by atoms with Crippen LogP contribution in [0.5, 0.6) is 11.6 Å². The lowest BCUT2D eigenvalue weighted by Crippen LogP contribution is -2.01. The minimum atomic E-state index is 0.433. The minimum Gasteiger partial charge on any atom is -0.494 e. The molecule has 0 saturated heterocycles. The van der Waals surface area contributed by atoms with Crippen molar-refractivity contribution >= 4 is 0 Å². The van der Waals surface area contributed by atoms with Crippen LogP contribution in [0, 0.1) is 18.3 Å². The van der Waals surface area contributed by atoms with Crippen LogP contribution in [0.3, 0.4) is 0 Å². The van der Waals surface area contributed by atoms with Crippen molar-refractivity contribution in [1.82, 2.24) is 4.98 Å². The molecule has 4 nitrogen and oxygen atoms in total. The summed E-state index contributed by atoms with van der Waals surface area (Å²) in [5.74, 6) is 0.956. The maximum atomic E-state index is 9.25. The largest absolute Gasteiger partial charge is 0.494 e. The van der Waals surface area contributed by atoms with Gasteiger partial charge in [-0.25, -0.2) is 4.98 Å². The molecular formula is C15H14N2O2. The number of hydrogen-bond donors (Lipinski definition) is 0. The Bertz CT molecular complexity index is 631. The van der Waals surface area contributed by atoms with Crippen LogP contribution in [0.2, 0.25) is 0 Å². The number of aryl methyl sites for hydroxylation is 1. The molecule has 1 heterocycles. The quantitative estimate of drug-likeness (QED) is 0.845. The Labute approximate surface area is 112 Å². The van der Waals surface area contributed by atoms with Crippen molar-refractivity contribution in [1.29, 1.82) is 5.26 Å². The number of methoxy groups -OCH3 is 2. The first kappa shape index (κ1) is 12.9. The predicted molar refractivity (Wildman–Crippen MR) is 72.2 cm³/mol. The number of aromatic nitrogens is 1. The summed E-state index contributed by atoms with van der Waals surface area (Å²) in [6.45, 7) is 1.76. The summed E-state index contributed by atoms with van der Waals surface area (Å²) in [6.07, 6.45) is 0. The lowest BCUT2D eigenvalue weighted by atomic mass is 10.0. The van der Waals surface area contributed by atoms with Crippen molar-refractivity contribution in [2.45, 2.75) is 6.92 Å². The van der Waals surface area contributed by atoms with Crippen LogP contribution in [-0.2, 0) is 0 Å². The molecule has 0 amide bonds. The summed E-state index contributed by atoms with van der Waals surface area (Å²) in [6, 6.07) is 11.8. The second kappa shape index (κ2) is 5.40. The van der Waals surface area contributed by atoms with Crippen LogP contribution in [0.4, 0.5) is 0 Å². The van der Waals surface area contributed by atoms with Gasteiger partial charge in [-0.3, -0.25) is 0 Å². The zero-order valence-electron chi connectivity index (χ0n) is 11.1. The Morgan fingerprint density at radius 1 is 1.11 bits per heavy atom. The highest BCUT2D eigenvalue weighted by molar-refractivity contribution is 5.78. The molecule has 0 radical (unpaired) electrons. The lowest BCUT2D eigenvalue weighted by Gasteiger charge is -2.15. The van der Waals surface area contributed by atoms with Crippen LogP contribution in [0.25, 0.3) is 11.1 Å². The average molecular weight is 254 g/mol. The number of nitriles is 1. The topological polar surface area (TPSA) is 55.1 Å². The number of rotatable bonds is 3. The van der Waals surface area contributed by atoms with Gasteiger partial charge in [-0.05, 0) is 12.5 Å². The van der Waals surface area contributed by atoms with E-state index in [0.29, 0.717) is 28.5 Å². The molecule has 2 aromatic rings. The first-order valence-corrected chi connectivity index (χ1v) is 5.81. The fraction of sp³-hybridized carbons (Fsp3) is 0.200. The van der Waals surface area contributed by atoms with E-state index in [4.69, 9.17) is 9.47 Å². The summed E-state index contributed by atoms with van der Waals surface area (Å²) in [7, 11) is 3.10. The number of hydrogen-bond acceptors (Lipinski definition) is 4. The van der Waals surface area contributed by atoms with Crippen molar-refractivity contribution in [2.75, 3.05) is 14.2 Å². The summed E-state index contributed by atoms with van der Waals surface area (Å²) in [5.41, 5.74) is 2.63. The summed E-state index contributed by atoms with van der Waals surface area (Å²) >= 11 is 0. The number of nitrogens with zero attached hydrogens (tertiary/aromatic N) is 2. The lowest BCUT2D eigenvalue weighted by molar-refractivity contribution is 0.383. The Morgan fingerprint density at radius 3 is 2.32 bits per heavy atom. The maximum Gasteiger partial charge on any atom is 0.225 e. The van der Waals surface area contributed by atoms with Gasteiger partial charge >= 0.3 is 0 Å². The van der Waals surface area contributed by atoms with Crippen molar-refractivity contribution in [3.05, 3.63) is 41.6 Å². The van der Waals surface area contributed by atoms with Gasteiger partial charge in [0.05, 0.1) is 25.5 Å². The zero-order chi connectivity index (χ0) is 13.8. The van der Waals surface area contributed by atoms with E-state index in [2.05, 4.69) is 11.1 Å². The molecule has 4 heteroatoms. The highest BCUT2D eigenvalue weighted by atomic mass is 16.5. The molecule has 0 aliphatic heterocycles. The van der Waals surface area contributed by atoms with Gasteiger partial charge in [-0.2, -0.15) is 5.26 Å². The van der Waals surface area contributed by atoms with E-state index >= 15 is 0 Å². The average Bonchev–Trinajstić information content (AvgIpc) is 2.46. The number of ether oxygens (including phenoxy) is 2. The number of benzene rings is 1. The Hall–Kier alpha value is -2.54. The molecule has 1 aromatic carbocycles. The molecule has 0 spiro atoms. The van der Waals surface area contributed by atoms with Crippen LogP contribution < -0.4 is 9.47 Å². The van der Waals surface area contributed by atoms with Crippen LogP contribution in [-0.4, -0.2) is 19.2 Å². The Balaban J connectivity index is 2.81. The van der Waals surface area contributed by atoms with E-state index in [9.17, 15) is 5.26 Å². The third kappa shape index (κ3) is 2.23. The van der Waals surface area contributed by atoms with Gasteiger partial charge in [0, 0.05) is 0 Å². The first-order valence-electron chi connectivity index (χ1n) is 5.81. The van der Waals surface area contributed by atoms with Crippen molar-refractivity contribution in [3.63, 3.8) is 0 Å². The monoisotopic (exact) mass is 254 g/mol. The normalized spacial score (nSPS) is 9.79. The van der Waals surface area contributed by atoms with Gasteiger partial charge in [0.2, 0.25) is 5.88 Å². The molecule has 0 N–H and O–H groups in total. The van der Waals surface area contributed by atoms with Crippen LogP contribution in [0.1, 0.15) is 11.3 Å². The molecule has 0 atom stereocenters. The molecule has 0 aliphatic carbocycles. The van der Waals surface area contributed by atoms with E-state index in [1.807, 2.05) is 30.3 Å². The molecule has 96 valence electrons. The van der Waals surface area contributed by atoms with Gasteiger partial charge in [-0.1, -0.05) is 30.3 Å². The fourth-order valence-corrected chi connectivity index (χ4v) is 1.99. The highest BCUT2D eigenvalue weighted by Gasteiger charge is 2.20. The minimum absolute atomic E-state index is 0.433. The van der Waals surface area contributed by atoms with Gasteiger partial charge < -0.3 is 9.47 Å². The van der Waals surface area contributed by atoms with E-state index in [0.717, 1.165) is 5.56 Å². The van der Waals surface area contributed by atoms with Crippen molar-refractivity contribution in [2.24, 2.45) is 0 Å². The van der Waals surface area contributed by atoms with E-state index < -0.39 is 0 Å². The van der Waals surface area contributed by atoms with Gasteiger partial charge in [0.15, 0.2) is 5.75 Å². The SMILES string of the molecule is COc1nc(C)c(C#N)c(OC)c1-c1ccccc1. The van der Waals surface area contributed by atoms with Crippen LogP contribution >= 0.6 is 0 Å². The molecule has 19 heavy (non-hydrogen) atoms. The fourth-order valence-electron chi connectivity index (χ4n) is 1.99. The van der Waals surface area contributed by atoms with Gasteiger partial charge in [0.25, 0.3) is 0 Å². The molecule has 0 bridgehead atoms. The van der Waals surface area contributed by atoms with Crippen molar-refractivity contribution < 1.29 is 9.47 Å². The molecular weight excluding hydrogens is 240 g/mol. The predicted octanol–water partition coefficient (Wildman–Crippen LogP) is 2.95. The third-order valence-corrected chi connectivity index (χ3v) is 2.87. The van der Waals surface area contributed by atoms with E-state index in [-0.39, 0.29) is 0 Å². The molecule has 1 aromatic heterocycles. The van der Waals surface area contributed by atoms with E-state index in [1.54, 1.807) is 21.1 Å². The van der Waals surface area contributed by atoms with Crippen LogP contribution in [0.15, 0.2) is 30.3 Å². The standard InChI is InChI=1S/C15H14N2O2/c1-10-12(9-16)14(18-2)13(15(17-10)19-3)11-7-5-4-6-8-11/h4-8H,1-3H3. The van der Waals surface area contributed by atoms with Gasteiger partial charge in [0.1, 0.15) is 11.6 Å². The molecule has 0 saturated carbocycles. The highest BCUT2D eigenvalue weighted by Crippen LogP contribution is 2.40. The number of pyridine rings is 1. The first-order chi connectivity index (χ1) is 9.22. The molecule has 0 unspecified atom stereocenters. The zero-order valence-corrected chi connectivity index (χ0v) is 11.1. The van der Waals surface area contributed by atoms with E-state index in [1.165, 1.54) is 0 Å². The van der Waals surface area contributed by atoms with Gasteiger partial charge in [-0.15, -0.1) is 0 Å². The molecule has 0 fully saturated rings. The third-order valence-electron chi connectivity index (χ3n) is 2.87. The second-order valence-electron chi connectivity index (χ2n) is 3.97. The molecule has 0 aliphatic rings. The van der Waals surface area contributed by atoms with Crippen molar-refractivity contribution in [3.8, 4) is 28.8 Å². The molecule has 2 rings (SSSR count). The summed E-state index contributed by atoms with van der Waals surface area (Å²) in [4.78, 5) is 4.32.